The van der Waals surface area contributed by atoms with Crippen LogP contribution in [0.1, 0.15) is 44.9 Å². The zero-order chi connectivity index (χ0) is 8.18. The topological polar surface area (TPSA) is 0 Å². The summed E-state index contributed by atoms with van der Waals surface area (Å²) in [7, 11) is 0. The molecule has 0 nitrogen and oxygen atoms in total. The van der Waals surface area contributed by atoms with Crippen LogP contribution < -0.4 is 0 Å². The molecule has 0 N–H and O–H groups in total. The van der Waals surface area contributed by atoms with Crippen molar-refractivity contribution in [2.24, 2.45) is 17.8 Å². The maximum Gasteiger partial charge on any atom is 0.0263 e. The third-order valence-electron chi connectivity index (χ3n) is 4.31. The molecular formula is C11H17Br. The van der Waals surface area contributed by atoms with Gasteiger partial charge >= 0.3 is 0 Å². The SMILES string of the molecule is BrC12CCC3CC(CC(C3)C1)C2. The second-order valence-corrected chi connectivity index (χ2v) is 7.09. The van der Waals surface area contributed by atoms with Crippen LogP contribution in [0.4, 0.5) is 0 Å². The van der Waals surface area contributed by atoms with E-state index in [9.17, 15) is 0 Å². The van der Waals surface area contributed by atoms with Gasteiger partial charge in [-0.1, -0.05) is 15.9 Å². The molecule has 0 amide bonds. The molecule has 0 aromatic heterocycles. The van der Waals surface area contributed by atoms with Gasteiger partial charge in [0.25, 0.3) is 0 Å². The van der Waals surface area contributed by atoms with E-state index in [1.807, 2.05) is 0 Å². The number of halogens is 1. The molecule has 0 aromatic carbocycles. The standard InChI is InChI=1S/C11H17Br/c12-11-2-1-8-3-9(6-11)5-10(4-8)7-11/h8-10H,1-7H2. The van der Waals surface area contributed by atoms with Crippen LogP contribution in [-0.4, -0.2) is 4.32 Å². The molecule has 4 bridgehead atoms. The third-order valence-corrected chi connectivity index (χ3v) is 5.35. The number of fused-ring (bicyclic) bond motifs is 1. The van der Waals surface area contributed by atoms with Gasteiger partial charge in [0, 0.05) is 4.32 Å². The summed E-state index contributed by atoms with van der Waals surface area (Å²) in [5.41, 5.74) is 0. The summed E-state index contributed by atoms with van der Waals surface area (Å²) in [5, 5.41) is 0. The summed E-state index contributed by atoms with van der Waals surface area (Å²) >= 11 is 4.00. The highest BCUT2D eigenvalue weighted by Crippen LogP contribution is 2.56. The molecule has 12 heavy (non-hydrogen) atoms. The van der Waals surface area contributed by atoms with E-state index in [1.165, 1.54) is 25.7 Å². The summed E-state index contributed by atoms with van der Waals surface area (Å²) in [5.74, 6) is 3.28. The Bertz CT molecular complexity index is 185. The molecular weight excluding hydrogens is 212 g/mol. The fraction of sp³-hybridized carbons (Fsp3) is 1.00. The second-order valence-electron chi connectivity index (χ2n) is 5.40. The zero-order valence-corrected chi connectivity index (χ0v) is 9.15. The van der Waals surface area contributed by atoms with Crippen LogP contribution in [0.2, 0.25) is 0 Å². The molecule has 0 heterocycles. The molecule has 68 valence electrons. The van der Waals surface area contributed by atoms with Gasteiger partial charge in [0.2, 0.25) is 0 Å². The van der Waals surface area contributed by atoms with E-state index in [0.717, 1.165) is 17.8 Å². The first kappa shape index (κ1) is 7.84. The summed E-state index contributed by atoms with van der Waals surface area (Å²) in [6, 6.07) is 0. The molecule has 0 radical (unpaired) electrons. The van der Waals surface area contributed by atoms with Crippen LogP contribution in [0.15, 0.2) is 0 Å². The normalized spacial score (nSPS) is 57.2. The van der Waals surface area contributed by atoms with E-state index >= 15 is 0 Å². The zero-order valence-electron chi connectivity index (χ0n) is 7.56. The minimum Gasteiger partial charge on any atom is -0.0853 e. The first-order valence-corrected chi connectivity index (χ1v) is 6.22. The second kappa shape index (κ2) is 2.50. The van der Waals surface area contributed by atoms with Crippen molar-refractivity contribution in [3.05, 3.63) is 0 Å². The molecule has 0 aromatic rings. The predicted octanol–water partition coefficient (Wildman–Crippen LogP) is 3.74. The van der Waals surface area contributed by atoms with E-state index in [2.05, 4.69) is 15.9 Å². The van der Waals surface area contributed by atoms with Gasteiger partial charge in [0.15, 0.2) is 0 Å². The van der Waals surface area contributed by atoms with Crippen LogP contribution in [-0.2, 0) is 0 Å². The van der Waals surface area contributed by atoms with E-state index in [0.29, 0.717) is 4.32 Å². The average molecular weight is 229 g/mol. The Morgan fingerprint density at radius 3 is 2.17 bits per heavy atom. The maximum atomic E-state index is 4.00. The summed E-state index contributed by atoms with van der Waals surface area (Å²) in [6.07, 6.45) is 10.6. The first-order valence-electron chi connectivity index (χ1n) is 5.42. The number of alkyl halides is 1. The van der Waals surface area contributed by atoms with Crippen molar-refractivity contribution in [1.82, 2.24) is 0 Å². The van der Waals surface area contributed by atoms with Gasteiger partial charge in [-0.25, -0.2) is 0 Å². The quantitative estimate of drug-likeness (QED) is 0.555. The Labute approximate surface area is 83.2 Å². The predicted molar refractivity (Wildman–Crippen MR) is 54.4 cm³/mol. The first-order chi connectivity index (χ1) is 5.73. The fourth-order valence-electron chi connectivity index (χ4n) is 4.06. The number of hydrogen-bond donors (Lipinski definition) is 0. The highest BCUT2D eigenvalue weighted by molar-refractivity contribution is 9.10. The Balaban J connectivity index is 1.94. The number of rotatable bonds is 0. The average Bonchev–Trinajstić information content (AvgIpc) is 2.14. The Kier molecular flexibility index (Phi) is 1.63. The molecule has 2 atom stereocenters. The maximum absolute atomic E-state index is 4.00. The largest absolute Gasteiger partial charge is 0.0853 e. The van der Waals surface area contributed by atoms with Crippen LogP contribution in [0.3, 0.4) is 0 Å². The molecule has 0 spiro atoms. The summed E-state index contributed by atoms with van der Waals surface area (Å²) in [6.45, 7) is 0. The van der Waals surface area contributed by atoms with Gasteiger partial charge in [-0.3, -0.25) is 0 Å². The molecule has 4 aliphatic carbocycles. The summed E-state index contributed by atoms with van der Waals surface area (Å²) < 4.78 is 0.589. The lowest BCUT2D eigenvalue weighted by atomic mass is 9.68. The van der Waals surface area contributed by atoms with Crippen molar-refractivity contribution in [2.45, 2.75) is 49.3 Å². The molecule has 4 saturated carbocycles. The van der Waals surface area contributed by atoms with Crippen LogP contribution in [0, 0.1) is 17.8 Å². The lowest BCUT2D eigenvalue weighted by Gasteiger charge is -2.42. The molecule has 4 fully saturated rings. The lowest BCUT2D eigenvalue weighted by Crippen LogP contribution is -2.34. The smallest absolute Gasteiger partial charge is 0.0263 e. The molecule has 4 rings (SSSR count). The Hall–Kier alpha value is 0.480. The van der Waals surface area contributed by atoms with Crippen molar-refractivity contribution in [3.8, 4) is 0 Å². The van der Waals surface area contributed by atoms with Crippen molar-refractivity contribution >= 4 is 15.9 Å². The van der Waals surface area contributed by atoms with Gasteiger partial charge < -0.3 is 0 Å². The third kappa shape index (κ3) is 1.16. The summed E-state index contributed by atoms with van der Waals surface area (Å²) in [4.78, 5) is 0. The van der Waals surface area contributed by atoms with E-state index in [-0.39, 0.29) is 0 Å². The lowest BCUT2D eigenvalue weighted by molar-refractivity contribution is 0.148. The van der Waals surface area contributed by atoms with Crippen molar-refractivity contribution < 1.29 is 0 Å². The van der Waals surface area contributed by atoms with E-state index in [4.69, 9.17) is 0 Å². The monoisotopic (exact) mass is 228 g/mol. The van der Waals surface area contributed by atoms with Gasteiger partial charge in [0.1, 0.15) is 0 Å². The Morgan fingerprint density at radius 1 is 0.917 bits per heavy atom. The minimum atomic E-state index is 0.589. The van der Waals surface area contributed by atoms with Crippen molar-refractivity contribution in [2.75, 3.05) is 0 Å². The minimum absolute atomic E-state index is 0.589. The van der Waals surface area contributed by atoms with Gasteiger partial charge in [-0.05, 0) is 62.7 Å². The van der Waals surface area contributed by atoms with Gasteiger partial charge in [0.05, 0.1) is 0 Å². The van der Waals surface area contributed by atoms with Gasteiger partial charge in [-0.15, -0.1) is 0 Å². The molecule has 2 unspecified atom stereocenters. The molecule has 0 aliphatic heterocycles. The number of hydrogen-bond acceptors (Lipinski definition) is 0. The molecule has 4 aliphatic rings. The molecule has 1 heteroatoms. The van der Waals surface area contributed by atoms with Crippen molar-refractivity contribution in [1.29, 1.82) is 0 Å². The van der Waals surface area contributed by atoms with Gasteiger partial charge in [-0.2, -0.15) is 0 Å². The highest BCUT2D eigenvalue weighted by Gasteiger charge is 2.45. The van der Waals surface area contributed by atoms with Crippen LogP contribution in [0.25, 0.3) is 0 Å². The van der Waals surface area contributed by atoms with Crippen molar-refractivity contribution in [3.63, 3.8) is 0 Å². The van der Waals surface area contributed by atoms with E-state index < -0.39 is 0 Å². The highest BCUT2D eigenvalue weighted by atomic mass is 79.9. The van der Waals surface area contributed by atoms with E-state index in [1.54, 1.807) is 19.3 Å². The fourth-order valence-corrected chi connectivity index (χ4v) is 5.20. The Morgan fingerprint density at radius 2 is 1.50 bits per heavy atom. The molecule has 0 saturated heterocycles. The van der Waals surface area contributed by atoms with Crippen LogP contribution >= 0.6 is 15.9 Å². The van der Waals surface area contributed by atoms with Crippen LogP contribution in [0.5, 0.6) is 0 Å².